The fourth-order valence-electron chi connectivity index (χ4n) is 3.61. The van der Waals surface area contributed by atoms with Crippen molar-refractivity contribution in [3.63, 3.8) is 0 Å². The third-order valence-electron chi connectivity index (χ3n) is 4.98. The Bertz CT molecular complexity index is 756. The second-order valence-electron chi connectivity index (χ2n) is 6.46. The molecule has 5 heteroatoms. The summed E-state index contributed by atoms with van der Waals surface area (Å²) >= 11 is 0. The lowest BCUT2D eigenvalue weighted by Crippen LogP contribution is -3.15. The average molecular weight is 323 g/mol. The van der Waals surface area contributed by atoms with Crippen molar-refractivity contribution in [3.05, 3.63) is 53.9 Å². The van der Waals surface area contributed by atoms with Crippen LogP contribution in [-0.2, 0) is 11.8 Å². The molecule has 3 atom stereocenters. The van der Waals surface area contributed by atoms with Gasteiger partial charge in [0.25, 0.3) is 5.91 Å². The van der Waals surface area contributed by atoms with Crippen LogP contribution in [0.15, 0.2) is 42.6 Å². The first kappa shape index (κ1) is 16.3. The molecule has 2 aromatic rings. The van der Waals surface area contributed by atoms with Gasteiger partial charge >= 0.3 is 0 Å². The highest BCUT2D eigenvalue weighted by atomic mass is 16.2. The second kappa shape index (κ2) is 6.90. The summed E-state index contributed by atoms with van der Waals surface area (Å²) in [6.07, 6.45) is 4.31. The molecule has 1 aliphatic rings. The topological polar surface area (TPSA) is 62.3 Å². The molecule has 1 aliphatic heterocycles. The van der Waals surface area contributed by atoms with Gasteiger partial charge in [-0.15, -0.1) is 0 Å². The predicted octanol–water partition coefficient (Wildman–Crippen LogP) is 1.64. The number of amides is 1. The number of nitrogens with zero attached hydrogens (tertiary/aromatic N) is 2. The van der Waals surface area contributed by atoms with Crippen LogP contribution < -0.4 is 10.2 Å². The lowest BCUT2D eigenvalue weighted by atomic mass is 10.1. The zero-order valence-corrected chi connectivity index (χ0v) is 14.1. The van der Waals surface area contributed by atoms with E-state index in [0.717, 1.165) is 25.1 Å². The largest absolute Gasteiger partial charge is 0.350 e. The summed E-state index contributed by atoms with van der Waals surface area (Å²) in [4.78, 5) is 14.0. The Balaban J connectivity index is 1.70. The predicted molar refractivity (Wildman–Crippen MR) is 92.5 cm³/mol. The van der Waals surface area contributed by atoms with E-state index in [1.54, 1.807) is 24.3 Å². The van der Waals surface area contributed by atoms with Gasteiger partial charge in [-0.2, -0.15) is 5.26 Å². The first-order valence-electron chi connectivity index (χ1n) is 8.38. The number of carbonyl (C=O) groups is 1. The Labute approximate surface area is 142 Å². The van der Waals surface area contributed by atoms with Crippen LogP contribution in [0.3, 0.4) is 0 Å². The van der Waals surface area contributed by atoms with E-state index in [9.17, 15) is 4.79 Å². The van der Waals surface area contributed by atoms with Gasteiger partial charge in [0, 0.05) is 31.8 Å². The second-order valence-corrected chi connectivity index (χ2v) is 6.46. The number of hydrogen-bond donors (Lipinski definition) is 2. The summed E-state index contributed by atoms with van der Waals surface area (Å²) in [5, 5.41) is 11.8. The molecule has 1 saturated heterocycles. The van der Waals surface area contributed by atoms with Crippen molar-refractivity contribution in [2.24, 2.45) is 7.05 Å². The Kier molecular flexibility index (Phi) is 4.68. The van der Waals surface area contributed by atoms with Gasteiger partial charge in [-0.1, -0.05) is 0 Å². The first-order chi connectivity index (χ1) is 11.6. The highest BCUT2D eigenvalue weighted by Gasteiger charge is 2.38. The maximum atomic E-state index is 12.7. The fraction of sp³-hybridized carbons (Fsp3) is 0.368. The SMILES string of the molecule is C[C@H](C(=O)Nc1ccc(C#N)cc1)[NH+]1CCC[C@@H]1c1cccn1C. The summed E-state index contributed by atoms with van der Waals surface area (Å²) in [5.41, 5.74) is 2.62. The number of anilines is 1. The Hall–Kier alpha value is -2.58. The van der Waals surface area contributed by atoms with Crippen LogP contribution in [0.1, 0.15) is 37.1 Å². The van der Waals surface area contributed by atoms with E-state index in [4.69, 9.17) is 5.26 Å². The molecule has 24 heavy (non-hydrogen) atoms. The normalized spacial score (nSPS) is 21.2. The molecule has 0 aliphatic carbocycles. The van der Waals surface area contributed by atoms with Gasteiger partial charge in [0.2, 0.25) is 0 Å². The minimum atomic E-state index is -0.122. The molecule has 1 aromatic heterocycles. The monoisotopic (exact) mass is 323 g/mol. The molecular weight excluding hydrogens is 300 g/mol. The van der Waals surface area contributed by atoms with Crippen LogP contribution in [-0.4, -0.2) is 23.1 Å². The van der Waals surface area contributed by atoms with Crippen LogP contribution in [0.4, 0.5) is 5.69 Å². The van der Waals surface area contributed by atoms with Gasteiger partial charge in [-0.3, -0.25) is 4.79 Å². The molecule has 2 heterocycles. The van der Waals surface area contributed by atoms with Gasteiger partial charge < -0.3 is 14.8 Å². The molecule has 1 fully saturated rings. The first-order valence-corrected chi connectivity index (χ1v) is 8.38. The zero-order chi connectivity index (χ0) is 17.1. The van der Waals surface area contributed by atoms with E-state index >= 15 is 0 Å². The van der Waals surface area contributed by atoms with E-state index in [2.05, 4.69) is 41.3 Å². The van der Waals surface area contributed by atoms with E-state index < -0.39 is 0 Å². The van der Waals surface area contributed by atoms with Crippen LogP contribution in [0.5, 0.6) is 0 Å². The number of aryl methyl sites for hydroxylation is 1. The number of likely N-dealkylation sites (tertiary alicyclic amines) is 1. The molecule has 0 spiro atoms. The molecule has 2 N–H and O–H groups in total. The van der Waals surface area contributed by atoms with E-state index in [1.807, 2.05) is 6.92 Å². The van der Waals surface area contributed by atoms with Crippen LogP contribution >= 0.6 is 0 Å². The Morgan fingerprint density at radius 3 is 2.75 bits per heavy atom. The summed E-state index contributed by atoms with van der Waals surface area (Å²) in [6.45, 7) is 3.01. The third-order valence-corrected chi connectivity index (χ3v) is 4.98. The summed E-state index contributed by atoms with van der Waals surface area (Å²) < 4.78 is 2.15. The highest BCUT2D eigenvalue weighted by molar-refractivity contribution is 5.93. The third kappa shape index (κ3) is 3.19. The van der Waals surface area contributed by atoms with Crippen molar-refractivity contribution in [2.45, 2.75) is 31.8 Å². The Morgan fingerprint density at radius 2 is 2.12 bits per heavy atom. The molecule has 0 bridgehead atoms. The smallest absolute Gasteiger partial charge is 0.282 e. The minimum absolute atomic E-state index is 0.0239. The van der Waals surface area contributed by atoms with Crippen molar-refractivity contribution in [1.82, 2.24) is 4.57 Å². The van der Waals surface area contributed by atoms with Crippen molar-refractivity contribution in [3.8, 4) is 6.07 Å². The molecule has 124 valence electrons. The molecule has 1 aromatic carbocycles. The molecular formula is C19H23N4O+. The van der Waals surface area contributed by atoms with Crippen molar-refractivity contribution in [1.29, 1.82) is 5.26 Å². The minimum Gasteiger partial charge on any atom is -0.350 e. The summed E-state index contributed by atoms with van der Waals surface area (Å²) in [7, 11) is 2.06. The number of carbonyl (C=O) groups excluding carboxylic acids is 1. The molecule has 1 amide bonds. The van der Waals surface area contributed by atoms with Gasteiger partial charge in [0.1, 0.15) is 6.04 Å². The lowest BCUT2D eigenvalue weighted by Gasteiger charge is -2.27. The van der Waals surface area contributed by atoms with Crippen LogP contribution in [0.2, 0.25) is 0 Å². The molecule has 1 unspecified atom stereocenters. The number of nitriles is 1. The quantitative estimate of drug-likeness (QED) is 0.898. The highest BCUT2D eigenvalue weighted by Crippen LogP contribution is 2.20. The number of aromatic nitrogens is 1. The number of nitrogens with one attached hydrogen (secondary N) is 2. The number of benzene rings is 1. The van der Waals surface area contributed by atoms with Crippen molar-refractivity contribution < 1.29 is 9.69 Å². The molecule has 0 radical (unpaired) electrons. The molecule has 3 rings (SSSR count). The maximum absolute atomic E-state index is 12.7. The molecule has 0 saturated carbocycles. The van der Waals surface area contributed by atoms with Gasteiger partial charge in [-0.25, -0.2) is 0 Å². The zero-order valence-electron chi connectivity index (χ0n) is 14.1. The van der Waals surface area contributed by atoms with E-state index in [1.165, 1.54) is 10.6 Å². The van der Waals surface area contributed by atoms with Crippen molar-refractivity contribution >= 4 is 11.6 Å². The number of hydrogen-bond acceptors (Lipinski definition) is 2. The van der Waals surface area contributed by atoms with Crippen LogP contribution in [0.25, 0.3) is 0 Å². The van der Waals surface area contributed by atoms with Gasteiger partial charge in [0.05, 0.1) is 23.9 Å². The molecule has 5 nitrogen and oxygen atoms in total. The van der Waals surface area contributed by atoms with E-state index in [-0.39, 0.29) is 11.9 Å². The van der Waals surface area contributed by atoms with E-state index in [0.29, 0.717) is 11.6 Å². The van der Waals surface area contributed by atoms with Crippen LogP contribution in [0, 0.1) is 11.3 Å². The summed E-state index contributed by atoms with van der Waals surface area (Å²) in [5.74, 6) is 0.0239. The van der Waals surface area contributed by atoms with Crippen molar-refractivity contribution in [2.75, 3.05) is 11.9 Å². The number of quaternary nitrogens is 1. The average Bonchev–Trinajstić information content (AvgIpc) is 3.23. The maximum Gasteiger partial charge on any atom is 0.282 e. The fourth-order valence-corrected chi connectivity index (χ4v) is 3.61. The number of rotatable bonds is 4. The van der Waals surface area contributed by atoms with Gasteiger partial charge in [0.15, 0.2) is 6.04 Å². The summed E-state index contributed by atoms with van der Waals surface area (Å²) in [6, 6.07) is 13.5. The van der Waals surface area contributed by atoms with Gasteiger partial charge in [-0.05, 0) is 43.3 Å². The Morgan fingerprint density at radius 1 is 1.38 bits per heavy atom. The lowest BCUT2D eigenvalue weighted by molar-refractivity contribution is -0.932. The standard InChI is InChI=1S/C19H22N4O/c1-14(19(24)21-16-9-7-15(13-20)8-10-16)23-12-4-6-18(23)17-5-3-11-22(17)2/h3,5,7-11,14,18H,4,6,12H2,1-2H3,(H,21,24)/p+1/t14-,18-/m1/s1.